The number of hydrogen-bond acceptors (Lipinski definition) is 6. The van der Waals surface area contributed by atoms with E-state index in [1.165, 1.54) is 5.57 Å². The van der Waals surface area contributed by atoms with Crippen LogP contribution in [0.2, 0.25) is 0 Å². The molecule has 0 aliphatic carbocycles. The average molecular weight is 464 g/mol. The number of hydrogen-bond donors (Lipinski definition) is 2. The van der Waals surface area contributed by atoms with E-state index in [0.29, 0.717) is 18.2 Å². The highest BCUT2D eigenvalue weighted by atomic mass is 32.2. The molecule has 180 valence electrons. The molecule has 5 nitrogen and oxygen atoms in total. The van der Waals surface area contributed by atoms with Crippen LogP contribution >= 0.6 is 11.8 Å². The van der Waals surface area contributed by atoms with Gasteiger partial charge >= 0.3 is 5.97 Å². The maximum Gasteiger partial charge on any atom is 0.306 e. The largest absolute Gasteiger partial charge is 0.457 e. The molecule has 2 aliphatic heterocycles. The lowest BCUT2D eigenvalue weighted by Crippen LogP contribution is -2.34. The van der Waals surface area contributed by atoms with E-state index in [4.69, 9.17) is 4.74 Å². The van der Waals surface area contributed by atoms with Crippen molar-refractivity contribution in [1.29, 1.82) is 0 Å². The van der Waals surface area contributed by atoms with Gasteiger partial charge in [0.2, 0.25) is 0 Å². The number of nitrogens with one attached hydrogen (secondary N) is 1. The van der Waals surface area contributed by atoms with Crippen molar-refractivity contribution >= 4 is 23.5 Å². The van der Waals surface area contributed by atoms with Gasteiger partial charge in [-0.15, -0.1) is 11.8 Å². The Hall–Kier alpha value is -1.53. The normalized spacial score (nSPS) is 36.0. The summed E-state index contributed by atoms with van der Waals surface area (Å²) in [5.74, 6) is -0.893. The number of cyclic esters (lactones) is 1. The molecule has 6 atom stereocenters. The highest BCUT2D eigenvalue weighted by Crippen LogP contribution is 2.26. The SMILES string of the molecule is C/C1=C/CC(/C(C)=C/C2=CSC(C)N2)OC(=O)CCC(C)C(=O)[C@H](C)C(O)[C@@H](C)CCC1. The Morgan fingerprint density at radius 1 is 1.19 bits per heavy atom. The molecule has 0 saturated carbocycles. The highest BCUT2D eigenvalue weighted by molar-refractivity contribution is 8.02. The lowest BCUT2D eigenvalue weighted by molar-refractivity contribution is -0.147. The van der Waals surface area contributed by atoms with Crippen LogP contribution in [0.1, 0.15) is 80.1 Å². The van der Waals surface area contributed by atoms with Crippen LogP contribution < -0.4 is 5.32 Å². The first-order valence-corrected chi connectivity index (χ1v) is 12.9. The monoisotopic (exact) mass is 463 g/mol. The summed E-state index contributed by atoms with van der Waals surface area (Å²) >= 11 is 1.74. The Morgan fingerprint density at radius 2 is 1.91 bits per heavy atom. The topological polar surface area (TPSA) is 75.6 Å². The van der Waals surface area contributed by atoms with Crippen LogP contribution in [0.4, 0.5) is 0 Å². The lowest BCUT2D eigenvalue weighted by Gasteiger charge is -2.26. The molecule has 2 heterocycles. The zero-order valence-corrected chi connectivity index (χ0v) is 21.3. The standard InChI is InChI=1S/C26H41NO4S/c1-16-8-7-9-17(2)25(29)20(5)26(30)18(3)11-13-24(28)31-23(12-10-16)19(4)14-22-15-32-21(6)27-22/h10,14-15,17-18,20-21,23,25,27,29H,7-9,11-13H2,1-6H3/b16-10-,19-14+/t17-,18?,20+,21?,23?,25?/m0/s1. The molecule has 0 aromatic rings. The van der Waals surface area contributed by atoms with Crippen molar-refractivity contribution in [1.82, 2.24) is 5.32 Å². The molecule has 0 bridgehead atoms. The number of carbonyl (C=O) groups is 2. The quantitative estimate of drug-likeness (QED) is 0.416. The van der Waals surface area contributed by atoms with Gasteiger partial charge in [-0.3, -0.25) is 9.59 Å². The number of Topliss-reactive ketones (excluding diaryl/α,β-unsaturated/α-hetero) is 1. The smallest absolute Gasteiger partial charge is 0.306 e. The summed E-state index contributed by atoms with van der Waals surface area (Å²) in [6, 6.07) is 0. The molecule has 2 rings (SSSR count). The molecule has 4 unspecified atom stereocenters. The Balaban J connectivity index is 2.18. The molecule has 0 radical (unpaired) electrons. The minimum atomic E-state index is -0.648. The number of ketones is 1. The fourth-order valence-corrected chi connectivity index (χ4v) is 5.00. The summed E-state index contributed by atoms with van der Waals surface area (Å²) in [6.07, 6.45) is 7.32. The van der Waals surface area contributed by atoms with Crippen molar-refractivity contribution in [3.8, 4) is 0 Å². The van der Waals surface area contributed by atoms with Gasteiger partial charge in [-0.1, -0.05) is 32.4 Å². The number of esters is 1. The average Bonchev–Trinajstić information content (AvgIpc) is 3.16. The second kappa shape index (κ2) is 12.6. The van der Waals surface area contributed by atoms with Gasteiger partial charge in [-0.2, -0.15) is 0 Å². The minimum absolute atomic E-state index is 0.0267. The van der Waals surface area contributed by atoms with E-state index in [1.54, 1.807) is 11.8 Å². The van der Waals surface area contributed by atoms with E-state index in [-0.39, 0.29) is 36.1 Å². The van der Waals surface area contributed by atoms with Gasteiger partial charge in [0.15, 0.2) is 0 Å². The highest BCUT2D eigenvalue weighted by Gasteiger charge is 2.30. The molecule has 2 aliphatic rings. The van der Waals surface area contributed by atoms with Gasteiger partial charge in [0.25, 0.3) is 0 Å². The number of aliphatic hydroxyl groups excluding tert-OH is 1. The maximum absolute atomic E-state index is 12.8. The van der Waals surface area contributed by atoms with Crippen LogP contribution in [0.5, 0.6) is 0 Å². The maximum atomic E-state index is 12.8. The molecule has 0 spiro atoms. The third-order valence-electron chi connectivity index (χ3n) is 6.66. The van der Waals surface area contributed by atoms with E-state index < -0.39 is 12.0 Å². The van der Waals surface area contributed by atoms with Gasteiger partial charge in [-0.05, 0) is 69.4 Å². The van der Waals surface area contributed by atoms with Crippen molar-refractivity contribution in [2.75, 3.05) is 0 Å². The molecule has 2 N–H and O–H groups in total. The van der Waals surface area contributed by atoms with E-state index >= 15 is 0 Å². The first-order valence-electron chi connectivity index (χ1n) is 12.0. The van der Waals surface area contributed by atoms with E-state index in [2.05, 4.69) is 36.7 Å². The number of aliphatic hydroxyl groups is 1. The number of allylic oxidation sites excluding steroid dienone is 2. The van der Waals surface area contributed by atoms with Crippen LogP contribution in [0.15, 0.2) is 34.4 Å². The van der Waals surface area contributed by atoms with Gasteiger partial charge in [0.05, 0.1) is 11.5 Å². The minimum Gasteiger partial charge on any atom is -0.457 e. The zero-order valence-electron chi connectivity index (χ0n) is 20.5. The Labute approximate surface area is 198 Å². The molecular weight excluding hydrogens is 422 g/mol. The van der Waals surface area contributed by atoms with E-state index in [9.17, 15) is 14.7 Å². The van der Waals surface area contributed by atoms with E-state index in [1.807, 2.05) is 27.7 Å². The fraction of sp³-hybridized carbons (Fsp3) is 0.692. The van der Waals surface area contributed by atoms with Crippen LogP contribution in [0, 0.1) is 17.8 Å². The molecule has 0 aromatic carbocycles. The van der Waals surface area contributed by atoms with Crippen molar-refractivity contribution in [3.05, 3.63) is 34.4 Å². The second-order valence-electron chi connectivity index (χ2n) is 9.64. The molecule has 0 saturated heterocycles. The van der Waals surface area contributed by atoms with Gasteiger partial charge in [0, 0.05) is 30.4 Å². The number of ether oxygens (including phenoxy) is 1. The van der Waals surface area contributed by atoms with Crippen LogP contribution in [-0.2, 0) is 14.3 Å². The Kier molecular flexibility index (Phi) is 10.6. The first kappa shape index (κ1) is 26.7. The van der Waals surface area contributed by atoms with Crippen molar-refractivity contribution in [2.24, 2.45) is 17.8 Å². The second-order valence-corrected chi connectivity index (χ2v) is 10.9. The zero-order chi connectivity index (χ0) is 23.8. The number of thioether (sulfide) groups is 1. The summed E-state index contributed by atoms with van der Waals surface area (Å²) in [5, 5.41) is 16.5. The Bertz CT molecular complexity index is 757. The van der Waals surface area contributed by atoms with Crippen LogP contribution in [0.3, 0.4) is 0 Å². The molecular formula is C26H41NO4S. The van der Waals surface area contributed by atoms with Gasteiger partial charge in [0.1, 0.15) is 11.9 Å². The third kappa shape index (κ3) is 8.11. The fourth-order valence-electron chi connectivity index (χ4n) is 4.31. The van der Waals surface area contributed by atoms with Gasteiger partial charge < -0.3 is 15.2 Å². The summed E-state index contributed by atoms with van der Waals surface area (Å²) < 4.78 is 5.87. The van der Waals surface area contributed by atoms with Gasteiger partial charge in [-0.25, -0.2) is 0 Å². The molecule has 0 amide bonds. The predicted molar refractivity (Wildman–Crippen MR) is 132 cm³/mol. The molecule has 6 heteroatoms. The van der Waals surface area contributed by atoms with E-state index in [0.717, 1.165) is 30.5 Å². The van der Waals surface area contributed by atoms with Crippen molar-refractivity contribution < 1.29 is 19.4 Å². The van der Waals surface area contributed by atoms with Crippen molar-refractivity contribution in [2.45, 2.75) is 97.6 Å². The lowest BCUT2D eigenvalue weighted by atomic mass is 9.82. The summed E-state index contributed by atoms with van der Waals surface area (Å²) in [4.78, 5) is 25.4. The number of carbonyl (C=O) groups excluding carboxylic acids is 2. The molecule has 0 aromatic heterocycles. The first-order chi connectivity index (χ1) is 15.1. The van der Waals surface area contributed by atoms with Crippen molar-refractivity contribution in [3.63, 3.8) is 0 Å². The molecule has 0 fully saturated rings. The summed E-state index contributed by atoms with van der Waals surface area (Å²) in [7, 11) is 0. The summed E-state index contributed by atoms with van der Waals surface area (Å²) in [6.45, 7) is 11.9. The Morgan fingerprint density at radius 3 is 2.56 bits per heavy atom. The summed E-state index contributed by atoms with van der Waals surface area (Å²) in [5.41, 5.74) is 3.31. The molecule has 32 heavy (non-hydrogen) atoms. The third-order valence-corrected chi connectivity index (χ3v) is 7.57. The predicted octanol–water partition coefficient (Wildman–Crippen LogP) is 5.51. The van der Waals surface area contributed by atoms with Crippen LogP contribution in [-0.4, -0.2) is 34.4 Å². The van der Waals surface area contributed by atoms with Crippen LogP contribution in [0.25, 0.3) is 0 Å². The number of rotatable bonds is 2.